The Labute approximate surface area is 169 Å². The lowest BCUT2D eigenvalue weighted by Crippen LogP contribution is -2.41. The van der Waals surface area contributed by atoms with E-state index in [0.29, 0.717) is 28.9 Å². The van der Waals surface area contributed by atoms with Crippen molar-refractivity contribution in [1.82, 2.24) is 14.5 Å². The number of ether oxygens (including phenoxy) is 1. The van der Waals surface area contributed by atoms with Crippen LogP contribution in [0.4, 0.5) is 0 Å². The van der Waals surface area contributed by atoms with E-state index in [2.05, 4.69) is 11.9 Å². The summed E-state index contributed by atoms with van der Waals surface area (Å²) in [5.74, 6) is 0.705. The van der Waals surface area contributed by atoms with Gasteiger partial charge in [0.2, 0.25) is 0 Å². The second kappa shape index (κ2) is 7.97. The van der Waals surface area contributed by atoms with Gasteiger partial charge in [-0.3, -0.25) is 14.2 Å². The standard InChI is InChI=1S/C22H27N3O4/c1-14-5-8-16(9-6-14)24(2)20(26)13-29-22(28)15-7-10-17-18(12-15)23-19-4-3-11-25(19)21(17)27/h7,10,12,14,16H,3-6,8-9,11,13H2,1-2H3. The molecule has 1 aromatic carbocycles. The van der Waals surface area contributed by atoms with Crippen LogP contribution in [0.3, 0.4) is 0 Å². The Morgan fingerprint density at radius 2 is 2.00 bits per heavy atom. The monoisotopic (exact) mass is 397 g/mol. The quantitative estimate of drug-likeness (QED) is 0.741. The third kappa shape index (κ3) is 3.91. The van der Waals surface area contributed by atoms with Gasteiger partial charge in [0, 0.05) is 26.1 Å². The number of likely N-dealkylation sites (N-methyl/N-ethyl adjacent to an activating group) is 1. The number of aryl methyl sites for hydroxylation is 1. The number of benzene rings is 1. The molecule has 0 N–H and O–H groups in total. The summed E-state index contributed by atoms with van der Waals surface area (Å²) in [6, 6.07) is 4.98. The maximum absolute atomic E-state index is 12.5. The first-order valence-electron chi connectivity index (χ1n) is 10.4. The molecule has 154 valence electrons. The van der Waals surface area contributed by atoms with Gasteiger partial charge >= 0.3 is 5.97 Å². The summed E-state index contributed by atoms with van der Waals surface area (Å²) in [5.41, 5.74) is 0.729. The summed E-state index contributed by atoms with van der Waals surface area (Å²) in [6.07, 6.45) is 5.90. The molecule has 1 aromatic heterocycles. The molecular formula is C22H27N3O4. The first-order valence-corrected chi connectivity index (χ1v) is 10.4. The average molecular weight is 397 g/mol. The second-order valence-corrected chi connectivity index (χ2v) is 8.31. The Hall–Kier alpha value is -2.70. The Kier molecular flexibility index (Phi) is 5.39. The van der Waals surface area contributed by atoms with E-state index in [0.717, 1.165) is 44.3 Å². The summed E-state index contributed by atoms with van der Waals surface area (Å²) in [7, 11) is 1.78. The number of nitrogens with zero attached hydrogens (tertiary/aromatic N) is 3. The van der Waals surface area contributed by atoms with Crippen LogP contribution in [0.5, 0.6) is 0 Å². The predicted octanol–water partition coefficient (Wildman–Crippen LogP) is 2.54. The van der Waals surface area contributed by atoms with Gasteiger partial charge in [0.15, 0.2) is 6.61 Å². The van der Waals surface area contributed by atoms with E-state index in [1.165, 1.54) is 0 Å². The fraction of sp³-hybridized carbons (Fsp3) is 0.545. The van der Waals surface area contributed by atoms with Crippen molar-refractivity contribution in [3.05, 3.63) is 39.9 Å². The van der Waals surface area contributed by atoms with E-state index < -0.39 is 5.97 Å². The number of carbonyl (C=O) groups is 2. The molecule has 0 saturated heterocycles. The molecule has 1 aliphatic carbocycles. The number of esters is 1. The van der Waals surface area contributed by atoms with Crippen LogP contribution in [0.2, 0.25) is 0 Å². The fourth-order valence-corrected chi connectivity index (χ4v) is 4.36. The lowest BCUT2D eigenvalue weighted by atomic mass is 9.87. The van der Waals surface area contributed by atoms with Crippen molar-refractivity contribution >= 4 is 22.8 Å². The molecule has 1 aliphatic heterocycles. The van der Waals surface area contributed by atoms with Crippen LogP contribution in [-0.2, 0) is 22.5 Å². The molecule has 0 bridgehead atoms. The first-order chi connectivity index (χ1) is 13.9. The van der Waals surface area contributed by atoms with Crippen LogP contribution in [0, 0.1) is 5.92 Å². The molecule has 2 heterocycles. The van der Waals surface area contributed by atoms with Crippen LogP contribution in [0.15, 0.2) is 23.0 Å². The molecule has 1 saturated carbocycles. The largest absolute Gasteiger partial charge is 0.452 e. The number of aromatic nitrogens is 2. The van der Waals surface area contributed by atoms with Gasteiger partial charge in [0.25, 0.3) is 11.5 Å². The highest BCUT2D eigenvalue weighted by atomic mass is 16.5. The summed E-state index contributed by atoms with van der Waals surface area (Å²) in [4.78, 5) is 43.6. The van der Waals surface area contributed by atoms with Crippen molar-refractivity contribution in [3.63, 3.8) is 0 Å². The fourth-order valence-electron chi connectivity index (χ4n) is 4.36. The Morgan fingerprint density at radius 3 is 2.76 bits per heavy atom. The molecule has 0 unspecified atom stereocenters. The highest BCUT2D eigenvalue weighted by molar-refractivity contribution is 5.95. The zero-order valence-corrected chi connectivity index (χ0v) is 17.0. The van der Waals surface area contributed by atoms with Crippen molar-refractivity contribution < 1.29 is 14.3 Å². The molecule has 4 rings (SSSR count). The minimum atomic E-state index is -0.576. The second-order valence-electron chi connectivity index (χ2n) is 8.31. The SMILES string of the molecule is CC1CCC(N(C)C(=O)COC(=O)c2ccc3c(=O)n4c(nc3c2)CCC4)CC1. The maximum atomic E-state index is 12.5. The van der Waals surface area contributed by atoms with Gasteiger partial charge in [-0.15, -0.1) is 0 Å². The van der Waals surface area contributed by atoms with Crippen LogP contribution in [-0.4, -0.2) is 46.0 Å². The number of fused-ring (bicyclic) bond motifs is 2. The van der Waals surface area contributed by atoms with E-state index >= 15 is 0 Å². The van der Waals surface area contributed by atoms with E-state index in [1.54, 1.807) is 34.7 Å². The topological polar surface area (TPSA) is 81.5 Å². The number of rotatable bonds is 4. The van der Waals surface area contributed by atoms with E-state index in [4.69, 9.17) is 4.74 Å². The van der Waals surface area contributed by atoms with Crippen LogP contribution in [0.25, 0.3) is 10.9 Å². The van der Waals surface area contributed by atoms with Crippen LogP contribution in [0.1, 0.15) is 55.2 Å². The minimum Gasteiger partial charge on any atom is -0.452 e. The number of hydrogen-bond donors (Lipinski definition) is 0. The van der Waals surface area contributed by atoms with Gasteiger partial charge in [-0.25, -0.2) is 9.78 Å². The minimum absolute atomic E-state index is 0.0685. The normalized spacial score (nSPS) is 21.0. The van der Waals surface area contributed by atoms with Gasteiger partial charge < -0.3 is 9.64 Å². The smallest absolute Gasteiger partial charge is 0.338 e. The summed E-state index contributed by atoms with van der Waals surface area (Å²) in [6.45, 7) is 2.65. The van der Waals surface area contributed by atoms with Crippen molar-refractivity contribution in [2.24, 2.45) is 5.92 Å². The van der Waals surface area contributed by atoms with Crippen molar-refractivity contribution in [3.8, 4) is 0 Å². The van der Waals surface area contributed by atoms with Crippen molar-refractivity contribution in [2.75, 3.05) is 13.7 Å². The number of hydrogen-bond acceptors (Lipinski definition) is 5. The Balaban J connectivity index is 1.42. The van der Waals surface area contributed by atoms with Gasteiger partial charge in [-0.2, -0.15) is 0 Å². The van der Waals surface area contributed by atoms with Crippen molar-refractivity contribution in [1.29, 1.82) is 0 Å². The van der Waals surface area contributed by atoms with Gasteiger partial charge in [-0.05, 0) is 56.2 Å². The highest BCUT2D eigenvalue weighted by Gasteiger charge is 2.25. The maximum Gasteiger partial charge on any atom is 0.338 e. The molecule has 1 fully saturated rings. The molecule has 29 heavy (non-hydrogen) atoms. The molecule has 0 spiro atoms. The molecule has 0 radical (unpaired) electrons. The van der Waals surface area contributed by atoms with Crippen LogP contribution < -0.4 is 5.56 Å². The zero-order valence-electron chi connectivity index (χ0n) is 17.0. The van der Waals surface area contributed by atoms with Crippen molar-refractivity contribution in [2.45, 2.75) is 58.0 Å². The summed E-state index contributed by atoms with van der Waals surface area (Å²) >= 11 is 0. The first kappa shape index (κ1) is 19.6. The van der Waals surface area contributed by atoms with E-state index in [1.807, 2.05) is 0 Å². The lowest BCUT2D eigenvalue weighted by molar-refractivity contribution is -0.136. The lowest BCUT2D eigenvalue weighted by Gasteiger charge is -2.33. The average Bonchev–Trinajstić information content (AvgIpc) is 3.20. The highest BCUT2D eigenvalue weighted by Crippen LogP contribution is 2.26. The van der Waals surface area contributed by atoms with Crippen LogP contribution >= 0.6 is 0 Å². The van der Waals surface area contributed by atoms with Gasteiger partial charge in [0.05, 0.1) is 16.5 Å². The zero-order chi connectivity index (χ0) is 20.5. The van der Waals surface area contributed by atoms with E-state index in [9.17, 15) is 14.4 Å². The summed E-state index contributed by atoms with van der Waals surface area (Å²) in [5, 5.41) is 0.495. The molecule has 1 amide bonds. The predicted molar refractivity (Wildman–Crippen MR) is 109 cm³/mol. The molecule has 0 atom stereocenters. The van der Waals surface area contributed by atoms with E-state index in [-0.39, 0.29) is 24.1 Å². The molecule has 7 nitrogen and oxygen atoms in total. The third-order valence-electron chi connectivity index (χ3n) is 6.31. The number of amides is 1. The van der Waals surface area contributed by atoms with Gasteiger partial charge in [-0.1, -0.05) is 6.92 Å². The Morgan fingerprint density at radius 1 is 1.24 bits per heavy atom. The number of carbonyl (C=O) groups excluding carboxylic acids is 2. The molecule has 2 aromatic rings. The molecule has 2 aliphatic rings. The third-order valence-corrected chi connectivity index (χ3v) is 6.31. The van der Waals surface area contributed by atoms with Gasteiger partial charge in [0.1, 0.15) is 5.82 Å². The Bertz CT molecular complexity index is 1010. The summed E-state index contributed by atoms with van der Waals surface area (Å²) < 4.78 is 6.95. The molecule has 7 heteroatoms. The molecular weight excluding hydrogens is 370 g/mol.